The third-order valence-electron chi connectivity index (χ3n) is 6.13. The van der Waals surface area contributed by atoms with Crippen molar-refractivity contribution in [2.45, 2.75) is 58.0 Å². The van der Waals surface area contributed by atoms with Crippen molar-refractivity contribution in [1.82, 2.24) is 10.2 Å². The van der Waals surface area contributed by atoms with Crippen molar-refractivity contribution in [2.75, 3.05) is 13.1 Å². The highest BCUT2D eigenvalue weighted by Crippen LogP contribution is 2.29. The van der Waals surface area contributed by atoms with Gasteiger partial charge in [-0.1, -0.05) is 24.3 Å². The Balaban J connectivity index is 1.21. The summed E-state index contributed by atoms with van der Waals surface area (Å²) in [7, 11) is 0. The van der Waals surface area contributed by atoms with Gasteiger partial charge in [-0.25, -0.2) is 0 Å². The molecule has 4 nitrogen and oxygen atoms in total. The SMILES string of the molecule is Cc1ccc(CNC(=O)CC[C@@H]2CCCN(C3Cc4ccccc4C3)C2)o1. The van der Waals surface area contributed by atoms with E-state index >= 15 is 0 Å². The van der Waals surface area contributed by atoms with Gasteiger partial charge in [-0.15, -0.1) is 0 Å². The van der Waals surface area contributed by atoms with E-state index in [1.165, 1.54) is 43.4 Å². The van der Waals surface area contributed by atoms with Gasteiger partial charge in [0.15, 0.2) is 0 Å². The Labute approximate surface area is 161 Å². The highest BCUT2D eigenvalue weighted by atomic mass is 16.3. The number of amides is 1. The molecular formula is C23H30N2O2. The summed E-state index contributed by atoms with van der Waals surface area (Å²) in [6.45, 7) is 4.76. The molecule has 0 bridgehead atoms. The van der Waals surface area contributed by atoms with Crippen LogP contribution in [0.25, 0.3) is 0 Å². The Kier molecular flexibility index (Phi) is 5.63. The molecule has 2 heterocycles. The maximum Gasteiger partial charge on any atom is 0.220 e. The number of furan rings is 1. The number of likely N-dealkylation sites (tertiary alicyclic amines) is 1. The quantitative estimate of drug-likeness (QED) is 0.844. The van der Waals surface area contributed by atoms with Gasteiger partial charge in [0, 0.05) is 19.0 Å². The number of nitrogens with one attached hydrogen (secondary N) is 1. The average Bonchev–Trinajstić information content (AvgIpc) is 3.31. The Morgan fingerprint density at radius 2 is 1.96 bits per heavy atom. The lowest BCUT2D eigenvalue weighted by molar-refractivity contribution is -0.121. The van der Waals surface area contributed by atoms with Crippen LogP contribution >= 0.6 is 0 Å². The zero-order valence-corrected chi connectivity index (χ0v) is 16.2. The molecule has 1 aliphatic carbocycles. The molecule has 144 valence electrons. The van der Waals surface area contributed by atoms with E-state index in [9.17, 15) is 4.79 Å². The van der Waals surface area contributed by atoms with Gasteiger partial charge >= 0.3 is 0 Å². The Hall–Kier alpha value is -2.07. The molecule has 0 spiro atoms. The fraction of sp³-hybridized carbons (Fsp3) is 0.522. The fourth-order valence-corrected chi connectivity index (χ4v) is 4.65. The van der Waals surface area contributed by atoms with Crippen LogP contribution in [0.1, 0.15) is 48.3 Å². The first kappa shape index (κ1) is 18.3. The number of hydrogen-bond donors (Lipinski definition) is 1. The largest absolute Gasteiger partial charge is 0.465 e. The van der Waals surface area contributed by atoms with Gasteiger partial charge < -0.3 is 9.73 Å². The van der Waals surface area contributed by atoms with Gasteiger partial charge in [0.1, 0.15) is 11.5 Å². The topological polar surface area (TPSA) is 45.5 Å². The van der Waals surface area contributed by atoms with E-state index in [2.05, 4.69) is 34.5 Å². The molecule has 2 aliphatic rings. The van der Waals surface area contributed by atoms with Crippen LogP contribution in [0, 0.1) is 12.8 Å². The molecule has 1 fully saturated rings. The first-order valence-corrected chi connectivity index (χ1v) is 10.3. The molecule has 1 amide bonds. The van der Waals surface area contributed by atoms with Crippen molar-refractivity contribution in [2.24, 2.45) is 5.92 Å². The Morgan fingerprint density at radius 3 is 2.67 bits per heavy atom. The smallest absolute Gasteiger partial charge is 0.220 e. The molecule has 1 atom stereocenters. The third-order valence-corrected chi connectivity index (χ3v) is 6.13. The van der Waals surface area contributed by atoms with Gasteiger partial charge in [-0.2, -0.15) is 0 Å². The van der Waals surface area contributed by atoms with Gasteiger partial charge in [-0.05, 0) is 74.8 Å². The lowest BCUT2D eigenvalue weighted by atomic mass is 9.92. The van der Waals surface area contributed by atoms with E-state index in [0.29, 0.717) is 24.9 Å². The summed E-state index contributed by atoms with van der Waals surface area (Å²) >= 11 is 0. The molecule has 0 unspecified atom stereocenters. The normalized spacial score (nSPS) is 20.6. The van der Waals surface area contributed by atoms with Crippen LogP contribution in [0.15, 0.2) is 40.8 Å². The first-order chi connectivity index (χ1) is 13.2. The number of carbonyl (C=O) groups is 1. The maximum absolute atomic E-state index is 12.2. The zero-order chi connectivity index (χ0) is 18.6. The second-order valence-corrected chi connectivity index (χ2v) is 8.16. The minimum absolute atomic E-state index is 0.134. The van der Waals surface area contributed by atoms with Gasteiger partial charge in [-0.3, -0.25) is 9.69 Å². The van der Waals surface area contributed by atoms with Crippen LogP contribution in [-0.4, -0.2) is 29.9 Å². The number of fused-ring (bicyclic) bond motifs is 1. The van der Waals surface area contributed by atoms with Crippen molar-refractivity contribution in [1.29, 1.82) is 0 Å². The van der Waals surface area contributed by atoms with E-state index in [-0.39, 0.29) is 5.91 Å². The summed E-state index contributed by atoms with van der Waals surface area (Å²) in [4.78, 5) is 14.9. The predicted octanol–water partition coefficient (Wildman–Crippen LogP) is 3.86. The molecule has 1 aromatic carbocycles. The van der Waals surface area contributed by atoms with Crippen molar-refractivity contribution in [3.8, 4) is 0 Å². The van der Waals surface area contributed by atoms with Gasteiger partial charge in [0.2, 0.25) is 5.91 Å². The molecule has 1 aliphatic heterocycles. The molecule has 4 heteroatoms. The average molecular weight is 367 g/mol. The standard InChI is InChI=1S/C23H30N2O2/c1-17-8-10-22(27-17)15-24-23(26)11-9-18-5-4-12-25(16-18)21-13-19-6-2-3-7-20(19)14-21/h2-3,6-8,10,18,21H,4-5,9,11-16H2,1H3,(H,24,26)/t18-/m0/s1. The van der Waals surface area contributed by atoms with Crippen LogP contribution in [0.5, 0.6) is 0 Å². The number of benzene rings is 1. The summed E-state index contributed by atoms with van der Waals surface area (Å²) in [6.07, 6.45) is 6.48. The minimum atomic E-state index is 0.134. The molecule has 4 rings (SSSR count). The van der Waals surface area contributed by atoms with Gasteiger partial charge in [0.05, 0.1) is 6.54 Å². The van der Waals surface area contributed by atoms with E-state index in [0.717, 1.165) is 24.5 Å². The Bertz CT molecular complexity index is 757. The van der Waals surface area contributed by atoms with Gasteiger partial charge in [0.25, 0.3) is 0 Å². The minimum Gasteiger partial charge on any atom is -0.465 e. The molecule has 0 saturated carbocycles. The lowest BCUT2D eigenvalue weighted by Gasteiger charge is -2.36. The van der Waals surface area contributed by atoms with E-state index < -0.39 is 0 Å². The van der Waals surface area contributed by atoms with Crippen molar-refractivity contribution < 1.29 is 9.21 Å². The molecule has 1 saturated heterocycles. The summed E-state index contributed by atoms with van der Waals surface area (Å²) in [6, 6.07) is 13.4. The van der Waals surface area contributed by atoms with Crippen LogP contribution < -0.4 is 5.32 Å². The second kappa shape index (κ2) is 8.30. The summed E-state index contributed by atoms with van der Waals surface area (Å²) in [5.74, 6) is 2.48. The number of nitrogens with zero attached hydrogens (tertiary/aromatic N) is 1. The lowest BCUT2D eigenvalue weighted by Crippen LogP contribution is -2.43. The zero-order valence-electron chi connectivity index (χ0n) is 16.2. The van der Waals surface area contributed by atoms with Crippen LogP contribution in [-0.2, 0) is 24.2 Å². The van der Waals surface area contributed by atoms with E-state index in [1.54, 1.807) is 0 Å². The number of piperidine rings is 1. The highest BCUT2D eigenvalue weighted by Gasteiger charge is 2.30. The molecule has 0 radical (unpaired) electrons. The second-order valence-electron chi connectivity index (χ2n) is 8.16. The summed E-state index contributed by atoms with van der Waals surface area (Å²) in [5.41, 5.74) is 3.05. The highest BCUT2D eigenvalue weighted by molar-refractivity contribution is 5.75. The number of carbonyl (C=O) groups excluding carboxylic acids is 1. The first-order valence-electron chi connectivity index (χ1n) is 10.3. The molecule has 27 heavy (non-hydrogen) atoms. The van der Waals surface area contributed by atoms with Crippen LogP contribution in [0.2, 0.25) is 0 Å². The molecular weight excluding hydrogens is 336 g/mol. The molecule has 1 N–H and O–H groups in total. The monoisotopic (exact) mass is 366 g/mol. The molecule has 1 aromatic heterocycles. The van der Waals surface area contributed by atoms with Crippen molar-refractivity contribution in [3.63, 3.8) is 0 Å². The maximum atomic E-state index is 12.2. The third kappa shape index (κ3) is 4.62. The van der Waals surface area contributed by atoms with Crippen LogP contribution in [0.3, 0.4) is 0 Å². The number of rotatable bonds is 6. The Morgan fingerprint density at radius 1 is 1.19 bits per heavy atom. The fourth-order valence-electron chi connectivity index (χ4n) is 4.65. The summed E-state index contributed by atoms with van der Waals surface area (Å²) in [5, 5.41) is 2.98. The molecule has 2 aromatic rings. The number of hydrogen-bond acceptors (Lipinski definition) is 3. The van der Waals surface area contributed by atoms with Crippen LogP contribution in [0.4, 0.5) is 0 Å². The van der Waals surface area contributed by atoms with E-state index in [1.807, 2.05) is 19.1 Å². The van der Waals surface area contributed by atoms with Crippen molar-refractivity contribution in [3.05, 3.63) is 59.0 Å². The number of aryl methyl sites for hydroxylation is 1. The predicted molar refractivity (Wildman–Crippen MR) is 106 cm³/mol. The van der Waals surface area contributed by atoms with Crippen molar-refractivity contribution >= 4 is 5.91 Å². The summed E-state index contributed by atoms with van der Waals surface area (Å²) < 4.78 is 5.50. The van der Waals surface area contributed by atoms with E-state index in [4.69, 9.17) is 4.42 Å².